The third-order valence-corrected chi connectivity index (χ3v) is 5.32. The summed E-state index contributed by atoms with van der Waals surface area (Å²) in [6.45, 7) is 4.47. The molecule has 0 radical (unpaired) electrons. The van der Waals surface area contributed by atoms with Crippen LogP contribution in [0.1, 0.15) is 42.3 Å². The first-order valence-corrected chi connectivity index (χ1v) is 7.69. The summed E-state index contributed by atoms with van der Waals surface area (Å²) in [5.41, 5.74) is 6.69. The monoisotopic (exact) mass is 264 g/mol. The predicted octanol–water partition coefficient (Wildman–Crippen LogP) is 3.16. The number of thiophene rings is 1. The molecule has 98 valence electrons. The Morgan fingerprint density at radius 1 is 1.50 bits per heavy atom. The molecule has 1 unspecified atom stereocenters. The minimum Gasteiger partial charge on any atom is -0.397 e. The number of carbonyl (C=O) groups is 1. The minimum atomic E-state index is 0.265. The van der Waals surface area contributed by atoms with Crippen molar-refractivity contribution in [2.24, 2.45) is 11.8 Å². The molecule has 1 saturated heterocycles. The lowest BCUT2D eigenvalue weighted by molar-refractivity contribution is 0.0972. The van der Waals surface area contributed by atoms with E-state index in [1.807, 2.05) is 6.07 Å². The summed E-state index contributed by atoms with van der Waals surface area (Å²) in [6.07, 6.45) is 4.60. The van der Waals surface area contributed by atoms with Crippen molar-refractivity contribution in [1.82, 2.24) is 0 Å². The fourth-order valence-electron chi connectivity index (χ4n) is 2.64. The lowest BCUT2D eigenvalue weighted by Gasteiger charge is -2.15. The van der Waals surface area contributed by atoms with Crippen LogP contribution < -0.4 is 10.6 Å². The number of ketones is 1. The van der Waals surface area contributed by atoms with E-state index in [4.69, 9.17) is 5.73 Å². The van der Waals surface area contributed by atoms with Crippen LogP contribution in [0.4, 0.5) is 10.7 Å². The summed E-state index contributed by atoms with van der Waals surface area (Å²) in [5, 5.41) is 1.19. The second-order valence-corrected chi connectivity index (χ2v) is 6.55. The zero-order valence-electron chi connectivity index (χ0n) is 10.8. The largest absolute Gasteiger partial charge is 0.397 e. The van der Waals surface area contributed by atoms with Gasteiger partial charge in [0.1, 0.15) is 0 Å². The third kappa shape index (κ3) is 2.14. The fourth-order valence-corrected chi connectivity index (χ4v) is 3.77. The number of anilines is 2. The van der Waals surface area contributed by atoms with Crippen LogP contribution in [0.15, 0.2) is 6.07 Å². The van der Waals surface area contributed by atoms with Crippen molar-refractivity contribution >= 4 is 27.8 Å². The Balaban J connectivity index is 1.77. The van der Waals surface area contributed by atoms with Gasteiger partial charge in [-0.2, -0.15) is 0 Å². The van der Waals surface area contributed by atoms with E-state index in [0.29, 0.717) is 5.69 Å². The molecule has 2 N–H and O–H groups in total. The highest BCUT2D eigenvalue weighted by Gasteiger charge is 2.33. The van der Waals surface area contributed by atoms with Crippen molar-refractivity contribution in [2.45, 2.75) is 32.6 Å². The summed E-state index contributed by atoms with van der Waals surface area (Å²) in [7, 11) is 0. The summed E-state index contributed by atoms with van der Waals surface area (Å²) in [4.78, 5) is 15.3. The number of nitrogen functional groups attached to an aromatic ring is 1. The van der Waals surface area contributed by atoms with Gasteiger partial charge in [-0.1, -0.05) is 13.3 Å². The topological polar surface area (TPSA) is 46.3 Å². The van der Waals surface area contributed by atoms with Crippen molar-refractivity contribution in [3.8, 4) is 0 Å². The highest BCUT2D eigenvalue weighted by atomic mass is 32.1. The van der Waals surface area contributed by atoms with Crippen LogP contribution in [-0.2, 0) is 0 Å². The molecule has 18 heavy (non-hydrogen) atoms. The number of Topliss-reactive ketones (excluding diaryl/α,β-unsaturated/α-hetero) is 1. The smallest absolute Gasteiger partial charge is 0.178 e. The van der Waals surface area contributed by atoms with E-state index in [0.717, 1.165) is 36.7 Å². The predicted molar refractivity (Wildman–Crippen MR) is 76.4 cm³/mol. The van der Waals surface area contributed by atoms with E-state index >= 15 is 0 Å². The molecule has 1 aliphatic heterocycles. The van der Waals surface area contributed by atoms with Crippen LogP contribution in [0.25, 0.3) is 0 Å². The van der Waals surface area contributed by atoms with Gasteiger partial charge in [0.25, 0.3) is 0 Å². The Morgan fingerprint density at radius 2 is 2.28 bits per heavy atom. The number of nitrogens with two attached hydrogens (primary N) is 1. The second-order valence-electron chi connectivity index (χ2n) is 5.52. The van der Waals surface area contributed by atoms with Gasteiger partial charge in [-0.25, -0.2) is 0 Å². The average molecular weight is 264 g/mol. The Labute approximate surface area is 112 Å². The van der Waals surface area contributed by atoms with Crippen molar-refractivity contribution in [3.05, 3.63) is 10.9 Å². The van der Waals surface area contributed by atoms with Crippen molar-refractivity contribution in [2.75, 3.05) is 23.7 Å². The van der Waals surface area contributed by atoms with Crippen LogP contribution in [0.5, 0.6) is 0 Å². The zero-order valence-corrected chi connectivity index (χ0v) is 11.6. The van der Waals surface area contributed by atoms with Crippen LogP contribution in [0.3, 0.4) is 0 Å². The maximum atomic E-state index is 12.1. The Morgan fingerprint density at radius 3 is 2.89 bits per heavy atom. The molecule has 3 nitrogen and oxygen atoms in total. The van der Waals surface area contributed by atoms with E-state index in [-0.39, 0.29) is 11.7 Å². The highest BCUT2D eigenvalue weighted by Crippen LogP contribution is 2.40. The Kier molecular flexibility index (Phi) is 3.06. The molecule has 1 saturated carbocycles. The molecule has 0 aromatic carbocycles. The van der Waals surface area contributed by atoms with Crippen molar-refractivity contribution in [3.63, 3.8) is 0 Å². The molecular weight excluding hydrogens is 244 g/mol. The zero-order chi connectivity index (χ0) is 12.7. The van der Waals surface area contributed by atoms with Crippen LogP contribution in [-0.4, -0.2) is 18.9 Å². The highest BCUT2D eigenvalue weighted by molar-refractivity contribution is 7.18. The number of rotatable bonds is 4. The first-order valence-electron chi connectivity index (χ1n) is 6.87. The van der Waals surface area contributed by atoms with E-state index in [1.165, 1.54) is 17.8 Å². The molecule has 2 aliphatic rings. The van der Waals surface area contributed by atoms with Gasteiger partial charge in [0.15, 0.2) is 5.78 Å². The maximum absolute atomic E-state index is 12.1. The van der Waals surface area contributed by atoms with Gasteiger partial charge in [-0.05, 0) is 31.2 Å². The first kappa shape index (κ1) is 12.0. The summed E-state index contributed by atoms with van der Waals surface area (Å²) in [5.74, 6) is 1.34. The molecule has 2 fully saturated rings. The maximum Gasteiger partial charge on any atom is 0.178 e. The van der Waals surface area contributed by atoms with E-state index in [9.17, 15) is 4.79 Å². The first-order chi connectivity index (χ1) is 8.69. The Bertz CT molecular complexity index is 464. The molecule has 4 heteroatoms. The minimum absolute atomic E-state index is 0.265. The van der Waals surface area contributed by atoms with Crippen LogP contribution in [0, 0.1) is 11.8 Å². The number of nitrogens with zero attached hydrogens (tertiary/aromatic N) is 1. The second kappa shape index (κ2) is 4.57. The quantitative estimate of drug-likeness (QED) is 0.850. The van der Waals surface area contributed by atoms with E-state index < -0.39 is 0 Å². The lowest BCUT2D eigenvalue weighted by atomic mass is 10.1. The molecule has 0 spiro atoms. The Hall–Kier alpha value is -1.03. The number of carbonyl (C=O) groups excluding carboxylic acids is 1. The number of hydrogen-bond donors (Lipinski definition) is 1. The van der Waals surface area contributed by atoms with Gasteiger partial charge in [-0.15, -0.1) is 11.3 Å². The molecule has 1 aromatic heterocycles. The van der Waals surface area contributed by atoms with Crippen LogP contribution >= 0.6 is 11.3 Å². The molecular formula is C14H20N2OS. The average Bonchev–Trinajstić information content (AvgIpc) is 2.98. The molecule has 3 rings (SSSR count). The van der Waals surface area contributed by atoms with Gasteiger partial charge in [0.05, 0.1) is 15.6 Å². The summed E-state index contributed by atoms with van der Waals surface area (Å²) >= 11 is 1.60. The van der Waals surface area contributed by atoms with E-state index in [1.54, 1.807) is 11.3 Å². The lowest BCUT2D eigenvalue weighted by Crippen LogP contribution is -2.18. The van der Waals surface area contributed by atoms with E-state index in [2.05, 4.69) is 11.8 Å². The van der Waals surface area contributed by atoms with Gasteiger partial charge < -0.3 is 10.6 Å². The van der Waals surface area contributed by atoms with Crippen molar-refractivity contribution in [1.29, 1.82) is 0 Å². The van der Waals surface area contributed by atoms with Gasteiger partial charge in [0.2, 0.25) is 0 Å². The summed E-state index contributed by atoms with van der Waals surface area (Å²) < 4.78 is 0. The fraction of sp³-hybridized carbons (Fsp3) is 0.643. The SMILES string of the molecule is CCC1CCN(c2cc(N)c(C(=O)C3CC3)s2)C1. The molecule has 1 aliphatic carbocycles. The number of hydrogen-bond acceptors (Lipinski definition) is 4. The standard InChI is InChI=1S/C14H20N2OS/c1-2-9-5-6-16(8-9)12-7-11(15)14(18-12)13(17)10-3-4-10/h7,9-10H,2-6,8,15H2,1H3. The third-order valence-electron chi connectivity index (χ3n) is 4.09. The van der Waals surface area contributed by atoms with Crippen LogP contribution in [0.2, 0.25) is 0 Å². The molecule has 0 amide bonds. The normalized spacial score (nSPS) is 23.6. The van der Waals surface area contributed by atoms with Gasteiger partial charge >= 0.3 is 0 Å². The molecule has 2 heterocycles. The van der Waals surface area contributed by atoms with Crippen molar-refractivity contribution < 1.29 is 4.79 Å². The molecule has 1 atom stereocenters. The van der Waals surface area contributed by atoms with Gasteiger partial charge in [-0.3, -0.25) is 4.79 Å². The molecule has 1 aromatic rings. The summed E-state index contributed by atoms with van der Waals surface area (Å²) in [6, 6.07) is 2.00. The van der Waals surface area contributed by atoms with Gasteiger partial charge in [0, 0.05) is 19.0 Å². The molecule has 0 bridgehead atoms.